The lowest BCUT2D eigenvalue weighted by atomic mass is 9.90. The average molecular weight is 429 g/mol. The molecule has 0 radical (unpaired) electrons. The molecular weight excluding hydrogens is 392 g/mol. The molecule has 1 atom stereocenters. The van der Waals surface area contributed by atoms with E-state index in [4.69, 9.17) is 0 Å². The zero-order chi connectivity index (χ0) is 22.0. The number of aliphatic hydroxyl groups is 1. The van der Waals surface area contributed by atoms with Crippen molar-refractivity contribution in [3.8, 4) is 0 Å². The molecule has 0 amide bonds. The van der Waals surface area contributed by atoms with E-state index >= 15 is 0 Å². The molecule has 0 aromatic heterocycles. The van der Waals surface area contributed by atoms with Crippen molar-refractivity contribution in [1.82, 2.24) is 9.80 Å². The van der Waals surface area contributed by atoms with Crippen molar-refractivity contribution in [1.29, 1.82) is 0 Å². The lowest BCUT2D eigenvalue weighted by Crippen LogP contribution is -2.54. The summed E-state index contributed by atoms with van der Waals surface area (Å²) in [5.41, 5.74) is 4.17. The van der Waals surface area contributed by atoms with Crippen molar-refractivity contribution in [3.63, 3.8) is 0 Å². The van der Waals surface area contributed by atoms with Crippen LogP contribution in [0.4, 0.5) is 0 Å². The van der Waals surface area contributed by atoms with Crippen LogP contribution in [0.5, 0.6) is 0 Å². The molecule has 3 nitrogen and oxygen atoms in total. The van der Waals surface area contributed by atoms with Crippen molar-refractivity contribution in [2.75, 3.05) is 39.3 Å². The Morgan fingerprint density at radius 2 is 1.38 bits per heavy atom. The molecule has 0 spiro atoms. The van der Waals surface area contributed by atoms with Crippen LogP contribution in [0, 0.1) is 0 Å². The van der Waals surface area contributed by atoms with Crippen molar-refractivity contribution in [3.05, 3.63) is 108 Å². The second kappa shape index (κ2) is 12.0. The molecule has 1 N–H and O–H groups in total. The molecule has 1 saturated heterocycles. The van der Waals surface area contributed by atoms with E-state index in [1.165, 1.54) is 23.1 Å². The lowest BCUT2D eigenvalue weighted by Gasteiger charge is -2.42. The third-order valence-electron chi connectivity index (χ3n) is 6.75. The van der Waals surface area contributed by atoms with Crippen molar-refractivity contribution in [2.45, 2.75) is 31.2 Å². The highest BCUT2D eigenvalue weighted by Crippen LogP contribution is 2.27. The maximum atomic E-state index is 9.72. The van der Waals surface area contributed by atoms with Gasteiger partial charge < -0.3 is 5.11 Å². The van der Waals surface area contributed by atoms with E-state index in [1.807, 2.05) is 0 Å². The Bertz CT molecular complexity index is 861. The highest BCUT2D eigenvalue weighted by molar-refractivity contribution is 5.32. The molecule has 1 unspecified atom stereocenters. The van der Waals surface area contributed by atoms with Crippen molar-refractivity contribution < 1.29 is 5.11 Å². The number of hydrogen-bond donors (Lipinski definition) is 1. The number of nitrogens with zero attached hydrogens (tertiary/aromatic N) is 2. The predicted molar refractivity (Wildman–Crippen MR) is 133 cm³/mol. The van der Waals surface area contributed by atoms with Gasteiger partial charge in [-0.25, -0.2) is 0 Å². The van der Waals surface area contributed by atoms with Gasteiger partial charge in [0.1, 0.15) is 0 Å². The van der Waals surface area contributed by atoms with Gasteiger partial charge in [0.25, 0.3) is 0 Å². The summed E-state index contributed by atoms with van der Waals surface area (Å²) < 4.78 is 0. The molecule has 168 valence electrons. The van der Waals surface area contributed by atoms with Gasteiger partial charge in [0.15, 0.2) is 0 Å². The van der Waals surface area contributed by atoms with E-state index < -0.39 is 0 Å². The van der Waals surface area contributed by atoms with E-state index in [2.05, 4.69) is 101 Å². The lowest BCUT2D eigenvalue weighted by molar-refractivity contribution is 0.0570. The molecule has 0 aliphatic carbocycles. The molecule has 1 fully saturated rings. The van der Waals surface area contributed by atoms with Gasteiger partial charge in [0.05, 0.1) is 0 Å². The number of aryl methyl sites for hydroxylation is 1. The Hall–Kier alpha value is -2.46. The van der Waals surface area contributed by atoms with E-state index in [1.54, 1.807) is 0 Å². The first-order chi connectivity index (χ1) is 15.8. The van der Waals surface area contributed by atoms with E-state index in [9.17, 15) is 5.11 Å². The number of piperazine rings is 1. The Kier molecular flexibility index (Phi) is 8.49. The van der Waals surface area contributed by atoms with Crippen molar-refractivity contribution in [2.24, 2.45) is 0 Å². The van der Waals surface area contributed by atoms with Gasteiger partial charge in [-0.2, -0.15) is 0 Å². The molecule has 0 saturated carbocycles. The SMILES string of the molecule is OCCC1CN(CC(c2ccccc2)c2ccccc2)CCN1CCCc1ccccc1. The number of aliphatic hydroxyl groups excluding tert-OH is 1. The largest absolute Gasteiger partial charge is 0.396 e. The van der Waals surface area contributed by atoms with Crippen molar-refractivity contribution >= 4 is 0 Å². The fourth-order valence-electron chi connectivity index (χ4n) is 5.00. The highest BCUT2D eigenvalue weighted by Gasteiger charge is 2.28. The van der Waals surface area contributed by atoms with Gasteiger partial charge in [-0.1, -0.05) is 91.0 Å². The zero-order valence-electron chi connectivity index (χ0n) is 19.0. The number of benzene rings is 3. The van der Waals surface area contributed by atoms with E-state index in [0.29, 0.717) is 12.0 Å². The average Bonchev–Trinajstić information content (AvgIpc) is 2.86. The van der Waals surface area contributed by atoms with Gasteiger partial charge in [0.2, 0.25) is 0 Å². The summed E-state index contributed by atoms with van der Waals surface area (Å²) >= 11 is 0. The third-order valence-corrected chi connectivity index (χ3v) is 6.75. The molecule has 1 heterocycles. The summed E-state index contributed by atoms with van der Waals surface area (Å²) in [6.45, 7) is 5.58. The monoisotopic (exact) mass is 428 g/mol. The van der Waals surface area contributed by atoms with E-state index in [0.717, 1.165) is 45.6 Å². The summed E-state index contributed by atoms with van der Waals surface area (Å²) in [7, 11) is 0. The molecule has 32 heavy (non-hydrogen) atoms. The Morgan fingerprint density at radius 1 is 0.781 bits per heavy atom. The second-order valence-corrected chi connectivity index (χ2v) is 8.92. The first-order valence-corrected chi connectivity index (χ1v) is 12.0. The first-order valence-electron chi connectivity index (χ1n) is 12.0. The van der Waals surface area contributed by atoms with Crippen LogP contribution in [0.3, 0.4) is 0 Å². The maximum Gasteiger partial charge on any atom is 0.0446 e. The molecule has 0 bridgehead atoms. The summed E-state index contributed by atoms with van der Waals surface area (Å²) in [4.78, 5) is 5.22. The van der Waals surface area contributed by atoms with E-state index in [-0.39, 0.29) is 6.61 Å². The molecule has 4 rings (SSSR count). The van der Waals surface area contributed by atoms with Gasteiger partial charge in [-0.15, -0.1) is 0 Å². The van der Waals surface area contributed by atoms with Crippen LogP contribution in [-0.4, -0.2) is 60.3 Å². The normalized spacial score (nSPS) is 17.6. The van der Waals surface area contributed by atoms with Gasteiger partial charge in [-0.3, -0.25) is 9.80 Å². The number of rotatable bonds is 10. The summed E-state index contributed by atoms with van der Waals surface area (Å²) in [6.07, 6.45) is 3.14. The summed E-state index contributed by atoms with van der Waals surface area (Å²) in [5.74, 6) is 0.372. The quantitative estimate of drug-likeness (QED) is 0.502. The van der Waals surface area contributed by atoms with Crippen LogP contribution >= 0.6 is 0 Å². The maximum absolute atomic E-state index is 9.72. The predicted octanol–water partition coefficient (Wildman–Crippen LogP) is 4.82. The molecule has 1 aliphatic rings. The van der Waals surface area contributed by atoms with Gasteiger partial charge in [-0.05, 0) is 42.5 Å². The topological polar surface area (TPSA) is 26.7 Å². The molecule has 3 heteroatoms. The third kappa shape index (κ3) is 6.29. The fraction of sp³-hybridized carbons (Fsp3) is 0.379. The van der Waals surface area contributed by atoms with Crippen LogP contribution in [-0.2, 0) is 6.42 Å². The minimum Gasteiger partial charge on any atom is -0.396 e. The summed E-state index contributed by atoms with van der Waals surface area (Å²) in [5, 5.41) is 9.72. The highest BCUT2D eigenvalue weighted by atomic mass is 16.3. The van der Waals surface area contributed by atoms with Crippen LogP contribution < -0.4 is 0 Å². The fourth-order valence-corrected chi connectivity index (χ4v) is 5.00. The van der Waals surface area contributed by atoms with Crippen LogP contribution in [0.25, 0.3) is 0 Å². The first kappa shape index (κ1) is 22.7. The molecular formula is C29H36N2O. The Balaban J connectivity index is 1.38. The van der Waals surface area contributed by atoms with Gasteiger partial charge in [0, 0.05) is 44.7 Å². The number of hydrogen-bond acceptors (Lipinski definition) is 3. The standard InChI is InChI=1S/C29H36N2O/c32-22-18-28-23-30(20-21-31(28)19-10-13-25-11-4-1-5-12-25)24-29(26-14-6-2-7-15-26)27-16-8-3-9-17-27/h1-9,11-12,14-17,28-29,32H,10,13,18-24H2. The second-order valence-electron chi connectivity index (χ2n) is 8.92. The molecule has 3 aromatic rings. The molecule has 1 aliphatic heterocycles. The molecule has 3 aromatic carbocycles. The zero-order valence-corrected chi connectivity index (χ0v) is 19.0. The van der Waals surface area contributed by atoms with Gasteiger partial charge >= 0.3 is 0 Å². The van der Waals surface area contributed by atoms with Crippen LogP contribution in [0.1, 0.15) is 35.4 Å². The smallest absolute Gasteiger partial charge is 0.0446 e. The minimum atomic E-state index is 0.258. The summed E-state index contributed by atoms with van der Waals surface area (Å²) in [6, 6.07) is 33.0. The Labute approximate surface area is 193 Å². The van der Waals surface area contributed by atoms with Crippen LogP contribution in [0.2, 0.25) is 0 Å². The minimum absolute atomic E-state index is 0.258. The Morgan fingerprint density at radius 3 is 1.97 bits per heavy atom. The van der Waals surface area contributed by atoms with Crippen LogP contribution in [0.15, 0.2) is 91.0 Å².